The van der Waals surface area contributed by atoms with Gasteiger partial charge in [-0.3, -0.25) is 0 Å². The van der Waals surface area contributed by atoms with Crippen molar-refractivity contribution in [2.24, 2.45) is 0 Å². The number of anilines is 2. The van der Waals surface area contributed by atoms with Crippen molar-refractivity contribution in [3.8, 4) is 0 Å². The molecule has 1 aromatic rings. The van der Waals surface area contributed by atoms with Gasteiger partial charge in [0.15, 0.2) is 0 Å². The first-order valence-electron chi connectivity index (χ1n) is 5.78. The van der Waals surface area contributed by atoms with Gasteiger partial charge in [-0.15, -0.1) is 0 Å². The second-order valence-corrected chi connectivity index (χ2v) is 4.18. The standard InChI is InChI=1S/C12H17N3O2/c1-17-12(16)10-4-2-3-7-15(10)11-6-5-9(13)8-14-11/h5-6,8,10H,2-4,7,13H2,1H3. The van der Waals surface area contributed by atoms with E-state index in [-0.39, 0.29) is 12.0 Å². The second-order valence-electron chi connectivity index (χ2n) is 4.18. The molecular weight excluding hydrogens is 218 g/mol. The van der Waals surface area contributed by atoms with Crippen molar-refractivity contribution in [1.82, 2.24) is 4.98 Å². The zero-order valence-electron chi connectivity index (χ0n) is 9.93. The number of pyridine rings is 1. The summed E-state index contributed by atoms with van der Waals surface area (Å²) in [5.41, 5.74) is 6.23. The van der Waals surface area contributed by atoms with Crippen LogP contribution in [0.2, 0.25) is 0 Å². The van der Waals surface area contributed by atoms with Gasteiger partial charge in [-0.25, -0.2) is 9.78 Å². The molecule has 17 heavy (non-hydrogen) atoms. The number of nitrogen functional groups attached to an aromatic ring is 1. The first-order chi connectivity index (χ1) is 8.22. The highest BCUT2D eigenvalue weighted by Crippen LogP contribution is 2.24. The van der Waals surface area contributed by atoms with Crippen LogP contribution in [-0.4, -0.2) is 30.6 Å². The van der Waals surface area contributed by atoms with Gasteiger partial charge < -0.3 is 15.4 Å². The van der Waals surface area contributed by atoms with Crippen LogP contribution in [0.3, 0.4) is 0 Å². The van der Waals surface area contributed by atoms with Gasteiger partial charge in [-0.1, -0.05) is 0 Å². The van der Waals surface area contributed by atoms with Crippen molar-refractivity contribution in [3.63, 3.8) is 0 Å². The van der Waals surface area contributed by atoms with Gasteiger partial charge in [0.2, 0.25) is 0 Å². The quantitative estimate of drug-likeness (QED) is 0.780. The van der Waals surface area contributed by atoms with E-state index in [1.165, 1.54) is 7.11 Å². The predicted molar refractivity (Wildman–Crippen MR) is 65.7 cm³/mol. The summed E-state index contributed by atoms with van der Waals surface area (Å²) in [5.74, 6) is 0.595. The van der Waals surface area contributed by atoms with E-state index < -0.39 is 0 Å². The Morgan fingerprint density at radius 1 is 1.53 bits per heavy atom. The molecule has 2 rings (SSSR count). The molecular formula is C12H17N3O2. The third kappa shape index (κ3) is 2.49. The van der Waals surface area contributed by atoms with Crippen LogP contribution < -0.4 is 10.6 Å². The van der Waals surface area contributed by atoms with Crippen LogP contribution >= 0.6 is 0 Å². The summed E-state index contributed by atoms with van der Waals surface area (Å²) in [7, 11) is 1.42. The van der Waals surface area contributed by atoms with Crippen LogP contribution in [0.1, 0.15) is 19.3 Å². The first kappa shape index (κ1) is 11.7. The fourth-order valence-corrected chi connectivity index (χ4v) is 2.15. The molecule has 0 bridgehead atoms. The van der Waals surface area contributed by atoms with Crippen molar-refractivity contribution in [3.05, 3.63) is 18.3 Å². The molecule has 1 unspecified atom stereocenters. The monoisotopic (exact) mass is 235 g/mol. The molecule has 1 aliphatic rings. The van der Waals surface area contributed by atoms with E-state index in [9.17, 15) is 4.79 Å². The fourth-order valence-electron chi connectivity index (χ4n) is 2.15. The number of carbonyl (C=O) groups excluding carboxylic acids is 1. The minimum absolute atomic E-state index is 0.191. The van der Waals surface area contributed by atoms with Crippen LogP contribution in [0.15, 0.2) is 18.3 Å². The minimum Gasteiger partial charge on any atom is -0.467 e. The van der Waals surface area contributed by atoms with Gasteiger partial charge in [0.1, 0.15) is 11.9 Å². The van der Waals surface area contributed by atoms with Crippen LogP contribution in [0, 0.1) is 0 Å². The summed E-state index contributed by atoms with van der Waals surface area (Å²) in [4.78, 5) is 18.0. The molecule has 92 valence electrons. The van der Waals surface area contributed by atoms with Gasteiger partial charge in [0, 0.05) is 6.54 Å². The molecule has 1 atom stereocenters. The molecule has 5 nitrogen and oxygen atoms in total. The highest BCUT2D eigenvalue weighted by atomic mass is 16.5. The molecule has 1 aliphatic heterocycles. The van der Waals surface area contributed by atoms with E-state index in [1.807, 2.05) is 11.0 Å². The Morgan fingerprint density at radius 3 is 3.00 bits per heavy atom. The number of piperidine rings is 1. The molecule has 0 aromatic carbocycles. The van der Waals surface area contributed by atoms with Gasteiger partial charge >= 0.3 is 5.97 Å². The Balaban J connectivity index is 2.21. The number of nitrogens with two attached hydrogens (primary N) is 1. The molecule has 0 saturated carbocycles. The lowest BCUT2D eigenvalue weighted by atomic mass is 10.0. The third-order valence-corrected chi connectivity index (χ3v) is 3.04. The molecule has 5 heteroatoms. The zero-order valence-corrected chi connectivity index (χ0v) is 9.93. The van der Waals surface area contributed by atoms with Crippen molar-refractivity contribution in [2.75, 3.05) is 24.3 Å². The molecule has 0 radical (unpaired) electrons. The number of hydrogen-bond acceptors (Lipinski definition) is 5. The molecule has 0 aliphatic carbocycles. The van der Waals surface area contributed by atoms with E-state index in [1.54, 1.807) is 12.3 Å². The molecule has 1 aromatic heterocycles. The number of nitrogens with zero attached hydrogens (tertiary/aromatic N) is 2. The van der Waals surface area contributed by atoms with E-state index in [0.717, 1.165) is 31.6 Å². The maximum atomic E-state index is 11.7. The van der Waals surface area contributed by atoms with E-state index in [4.69, 9.17) is 10.5 Å². The highest BCUT2D eigenvalue weighted by Gasteiger charge is 2.30. The van der Waals surface area contributed by atoms with Crippen LogP contribution in [0.25, 0.3) is 0 Å². The second kappa shape index (κ2) is 5.03. The lowest BCUT2D eigenvalue weighted by Gasteiger charge is -2.34. The third-order valence-electron chi connectivity index (χ3n) is 3.04. The topological polar surface area (TPSA) is 68.5 Å². The summed E-state index contributed by atoms with van der Waals surface area (Å²) in [6, 6.07) is 3.42. The van der Waals surface area contributed by atoms with Gasteiger partial charge in [-0.2, -0.15) is 0 Å². The number of rotatable bonds is 2. The highest BCUT2D eigenvalue weighted by molar-refractivity contribution is 5.79. The Labute approximate surface area is 101 Å². The van der Waals surface area contributed by atoms with Crippen molar-refractivity contribution in [1.29, 1.82) is 0 Å². The number of esters is 1. The molecule has 1 fully saturated rings. The summed E-state index contributed by atoms with van der Waals surface area (Å²) in [6.45, 7) is 0.830. The SMILES string of the molecule is COC(=O)C1CCCCN1c1ccc(N)cn1. The predicted octanol–water partition coefficient (Wildman–Crippen LogP) is 1.20. The average molecular weight is 235 g/mol. The molecule has 2 N–H and O–H groups in total. The number of methoxy groups -OCH3 is 1. The minimum atomic E-state index is -0.218. The number of aromatic nitrogens is 1. The Bertz CT molecular complexity index is 391. The van der Waals surface area contributed by atoms with E-state index in [2.05, 4.69) is 4.98 Å². The van der Waals surface area contributed by atoms with Crippen molar-refractivity contribution in [2.45, 2.75) is 25.3 Å². The lowest BCUT2D eigenvalue weighted by Crippen LogP contribution is -2.45. The van der Waals surface area contributed by atoms with Gasteiger partial charge in [0.05, 0.1) is 19.0 Å². The molecule has 1 saturated heterocycles. The zero-order chi connectivity index (χ0) is 12.3. The Hall–Kier alpha value is -1.78. The van der Waals surface area contributed by atoms with E-state index >= 15 is 0 Å². The van der Waals surface area contributed by atoms with E-state index in [0.29, 0.717) is 5.69 Å². The van der Waals surface area contributed by atoms with Crippen LogP contribution in [0.4, 0.5) is 11.5 Å². The summed E-state index contributed by atoms with van der Waals surface area (Å²) in [6.07, 6.45) is 4.54. The average Bonchev–Trinajstić information content (AvgIpc) is 2.39. The maximum Gasteiger partial charge on any atom is 0.328 e. The molecule has 0 amide bonds. The lowest BCUT2D eigenvalue weighted by molar-refractivity contribution is -0.142. The van der Waals surface area contributed by atoms with Crippen molar-refractivity contribution >= 4 is 17.5 Å². The Morgan fingerprint density at radius 2 is 2.35 bits per heavy atom. The normalized spacial score (nSPS) is 20.1. The van der Waals surface area contributed by atoms with Crippen LogP contribution in [-0.2, 0) is 9.53 Å². The summed E-state index contributed by atoms with van der Waals surface area (Å²) >= 11 is 0. The maximum absolute atomic E-state index is 11.7. The summed E-state index contributed by atoms with van der Waals surface area (Å²) in [5, 5.41) is 0. The van der Waals surface area contributed by atoms with Crippen molar-refractivity contribution < 1.29 is 9.53 Å². The molecule has 2 heterocycles. The molecule has 0 spiro atoms. The smallest absolute Gasteiger partial charge is 0.328 e. The van der Waals surface area contributed by atoms with Gasteiger partial charge in [-0.05, 0) is 31.4 Å². The van der Waals surface area contributed by atoms with Gasteiger partial charge in [0.25, 0.3) is 0 Å². The number of hydrogen-bond donors (Lipinski definition) is 1. The summed E-state index contributed by atoms with van der Waals surface area (Å²) < 4.78 is 4.83. The largest absolute Gasteiger partial charge is 0.467 e. The fraction of sp³-hybridized carbons (Fsp3) is 0.500. The number of carbonyl (C=O) groups is 1. The number of ether oxygens (including phenoxy) is 1. The first-order valence-corrected chi connectivity index (χ1v) is 5.78. The Kier molecular flexibility index (Phi) is 3.46. The van der Waals surface area contributed by atoms with Crippen LogP contribution in [0.5, 0.6) is 0 Å².